The van der Waals surface area contributed by atoms with Gasteiger partial charge in [-0.25, -0.2) is 0 Å². The van der Waals surface area contributed by atoms with Crippen molar-refractivity contribution in [2.75, 3.05) is 47.5 Å². The molecule has 0 saturated carbocycles. The lowest BCUT2D eigenvalue weighted by Gasteiger charge is -2.28. The molecule has 0 amide bonds. The number of likely N-dealkylation sites (N-methyl/N-ethyl adjacent to an activating group) is 1. The maximum absolute atomic E-state index is 12.8. The molecule has 0 aromatic rings. The van der Waals surface area contributed by atoms with Crippen molar-refractivity contribution in [3.05, 3.63) is 97.2 Å². The van der Waals surface area contributed by atoms with Crippen LogP contribution in [0.15, 0.2) is 97.2 Å². The maximum Gasteiger partial charge on any atom is 0.306 e. The molecule has 0 N–H and O–H groups in total. The predicted octanol–water partition coefficient (Wildman–Crippen LogP) is 19.0. The first-order valence-corrected chi connectivity index (χ1v) is 32.4. The Balaban J connectivity index is 3.98. The molecule has 0 fully saturated rings. The van der Waals surface area contributed by atoms with E-state index in [-0.39, 0.29) is 26.1 Å². The van der Waals surface area contributed by atoms with Crippen molar-refractivity contribution < 1.29 is 42.1 Å². The minimum atomic E-state index is -4.64. The number of rotatable bonds is 56. The van der Waals surface area contributed by atoms with Crippen molar-refractivity contribution in [1.82, 2.24) is 0 Å². The topological polar surface area (TPSA) is 111 Å². The molecule has 0 aromatic heterocycles. The van der Waals surface area contributed by atoms with Crippen molar-refractivity contribution in [3.63, 3.8) is 0 Å². The normalized spacial score (nSPS) is 13.9. The van der Waals surface area contributed by atoms with E-state index in [0.717, 1.165) is 103 Å². The van der Waals surface area contributed by atoms with Gasteiger partial charge in [-0.05, 0) is 89.9 Å². The molecular formula is C66H116NO8P. The average Bonchev–Trinajstić information content (AvgIpc) is 3.38. The zero-order valence-electron chi connectivity index (χ0n) is 49.7. The Bertz CT molecular complexity index is 1600. The first kappa shape index (κ1) is 72.9. The van der Waals surface area contributed by atoms with E-state index in [1.54, 1.807) is 0 Å². The van der Waals surface area contributed by atoms with E-state index < -0.39 is 32.5 Å². The molecule has 2 atom stereocenters. The number of quaternary nitrogens is 1. The first-order valence-electron chi connectivity index (χ1n) is 30.9. The van der Waals surface area contributed by atoms with Gasteiger partial charge in [-0.1, -0.05) is 252 Å². The summed E-state index contributed by atoms with van der Waals surface area (Å²) in [7, 11) is 1.15. The molecule has 2 unspecified atom stereocenters. The third kappa shape index (κ3) is 60.2. The molecule has 0 rings (SSSR count). The summed E-state index contributed by atoms with van der Waals surface area (Å²) >= 11 is 0. The van der Waals surface area contributed by atoms with Crippen LogP contribution in [0.5, 0.6) is 0 Å². The Hall–Kier alpha value is -3.07. The number of esters is 2. The fraction of sp³-hybridized carbons (Fsp3) is 0.727. The Kier molecular flexibility index (Phi) is 54.4. The molecule has 0 bridgehead atoms. The lowest BCUT2D eigenvalue weighted by atomic mass is 10.0. The third-order valence-corrected chi connectivity index (χ3v) is 14.1. The van der Waals surface area contributed by atoms with E-state index >= 15 is 0 Å². The quantitative estimate of drug-likeness (QED) is 0.0195. The summed E-state index contributed by atoms with van der Waals surface area (Å²) in [5.41, 5.74) is 0. The van der Waals surface area contributed by atoms with Gasteiger partial charge in [0.25, 0.3) is 7.82 Å². The molecule has 0 radical (unpaired) electrons. The smallest absolute Gasteiger partial charge is 0.306 e. The van der Waals surface area contributed by atoms with Gasteiger partial charge in [0.05, 0.1) is 27.7 Å². The summed E-state index contributed by atoms with van der Waals surface area (Å²) in [6.07, 6.45) is 77.7. The maximum atomic E-state index is 12.8. The zero-order valence-corrected chi connectivity index (χ0v) is 50.6. The third-order valence-electron chi connectivity index (χ3n) is 13.1. The highest BCUT2D eigenvalue weighted by Gasteiger charge is 2.22. The number of ether oxygens (including phenoxy) is 2. The molecule has 0 aliphatic heterocycles. The Morgan fingerprint density at radius 1 is 0.408 bits per heavy atom. The molecule has 10 heteroatoms. The average molecular weight is 1080 g/mol. The fourth-order valence-corrected chi connectivity index (χ4v) is 9.13. The second-order valence-corrected chi connectivity index (χ2v) is 23.1. The summed E-state index contributed by atoms with van der Waals surface area (Å²) in [4.78, 5) is 37.8. The summed E-state index contributed by atoms with van der Waals surface area (Å²) in [5, 5.41) is 0. The number of phosphoric acid groups is 1. The predicted molar refractivity (Wildman–Crippen MR) is 323 cm³/mol. The van der Waals surface area contributed by atoms with E-state index in [1.165, 1.54) is 116 Å². The number of unbranched alkanes of at least 4 members (excludes halogenated alkanes) is 26. The summed E-state index contributed by atoms with van der Waals surface area (Å²) in [6, 6.07) is 0. The molecule has 0 spiro atoms. The first-order chi connectivity index (χ1) is 37.0. The van der Waals surface area contributed by atoms with Gasteiger partial charge in [-0.15, -0.1) is 0 Å². The van der Waals surface area contributed by atoms with Gasteiger partial charge in [-0.3, -0.25) is 14.2 Å². The van der Waals surface area contributed by atoms with Gasteiger partial charge in [-0.2, -0.15) is 0 Å². The number of allylic oxidation sites excluding steroid dienone is 16. The molecule has 0 aliphatic carbocycles. The van der Waals surface area contributed by atoms with E-state index in [0.29, 0.717) is 23.9 Å². The fourth-order valence-electron chi connectivity index (χ4n) is 8.40. The minimum Gasteiger partial charge on any atom is -0.756 e. The Labute approximate surface area is 468 Å². The Morgan fingerprint density at radius 2 is 0.711 bits per heavy atom. The van der Waals surface area contributed by atoms with Crippen LogP contribution in [0.4, 0.5) is 0 Å². The number of nitrogens with zero attached hydrogens (tertiary/aromatic N) is 1. The van der Waals surface area contributed by atoms with Crippen LogP contribution >= 0.6 is 7.82 Å². The zero-order chi connectivity index (χ0) is 55.6. The lowest BCUT2D eigenvalue weighted by molar-refractivity contribution is -0.870. The summed E-state index contributed by atoms with van der Waals surface area (Å²) in [6.45, 7) is 4.00. The van der Waals surface area contributed by atoms with E-state index in [1.807, 2.05) is 21.1 Å². The van der Waals surface area contributed by atoms with Crippen LogP contribution in [0.1, 0.15) is 258 Å². The monoisotopic (exact) mass is 1080 g/mol. The Morgan fingerprint density at radius 3 is 1.05 bits per heavy atom. The van der Waals surface area contributed by atoms with Crippen LogP contribution in [0.2, 0.25) is 0 Å². The molecule has 9 nitrogen and oxygen atoms in total. The van der Waals surface area contributed by atoms with E-state index in [4.69, 9.17) is 18.5 Å². The van der Waals surface area contributed by atoms with Crippen molar-refractivity contribution in [1.29, 1.82) is 0 Å². The number of hydrogen-bond donors (Lipinski definition) is 0. The molecule has 0 saturated heterocycles. The van der Waals surface area contributed by atoms with Crippen LogP contribution < -0.4 is 4.89 Å². The molecule has 438 valence electrons. The molecule has 0 heterocycles. The van der Waals surface area contributed by atoms with Gasteiger partial charge < -0.3 is 27.9 Å². The van der Waals surface area contributed by atoms with Crippen molar-refractivity contribution >= 4 is 19.8 Å². The SMILES string of the molecule is CC/C=C\C/C=C\C/C=C\C/C=C\C/C=C\CCCCCCCCCCCCCCCCCCCCCCCC(=O)OC(COC(=O)CCCCCCC/C=C\C/C=C\C/C=C\CC)COP(=O)([O-])OCC[N+](C)(C)C. The molecular weight excluding hydrogens is 966 g/mol. The largest absolute Gasteiger partial charge is 0.756 e. The van der Waals surface area contributed by atoms with Crippen LogP contribution in [-0.4, -0.2) is 70.0 Å². The van der Waals surface area contributed by atoms with Gasteiger partial charge >= 0.3 is 11.9 Å². The lowest BCUT2D eigenvalue weighted by Crippen LogP contribution is -2.37. The van der Waals surface area contributed by atoms with Gasteiger partial charge in [0.2, 0.25) is 0 Å². The van der Waals surface area contributed by atoms with Crippen LogP contribution in [0.3, 0.4) is 0 Å². The number of phosphoric ester groups is 1. The van der Waals surface area contributed by atoms with E-state index in [9.17, 15) is 19.0 Å². The summed E-state index contributed by atoms with van der Waals surface area (Å²) < 4.78 is 34.1. The van der Waals surface area contributed by atoms with Crippen LogP contribution in [0.25, 0.3) is 0 Å². The van der Waals surface area contributed by atoms with Crippen LogP contribution in [-0.2, 0) is 32.7 Å². The van der Waals surface area contributed by atoms with Crippen molar-refractivity contribution in [3.8, 4) is 0 Å². The number of carbonyl (C=O) groups is 2. The van der Waals surface area contributed by atoms with Crippen LogP contribution in [0, 0.1) is 0 Å². The molecule has 0 aliphatic rings. The minimum absolute atomic E-state index is 0.0360. The molecule has 76 heavy (non-hydrogen) atoms. The highest BCUT2D eigenvalue weighted by Crippen LogP contribution is 2.38. The standard InChI is InChI=1S/C66H116NO8P/c1-6-8-10-12-14-16-18-20-22-23-24-25-26-27-28-29-30-31-32-33-34-35-36-37-38-39-40-41-42-43-45-47-49-51-53-55-57-59-66(69)75-64(63-74-76(70,71)73-61-60-67(3,4)5)62-72-65(68)58-56-54-52-50-48-46-44-21-19-17-15-13-11-9-7-2/h8-11,14-17,20-22,24-25,27-28,44,64H,6-7,12-13,18-19,23,26,29-43,45-63H2,1-5H3/b10-8-,11-9-,16-14-,17-15-,22-20-,25-24-,28-27-,44-21-. The van der Waals surface area contributed by atoms with Gasteiger partial charge in [0.15, 0.2) is 6.10 Å². The highest BCUT2D eigenvalue weighted by atomic mass is 31.2. The highest BCUT2D eigenvalue weighted by molar-refractivity contribution is 7.45. The van der Waals surface area contributed by atoms with Crippen molar-refractivity contribution in [2.45, 2.75) is 264 Å². The van der Waals surface area contributed by atoms with E-state index in [2.05, 4.69) is 111 Å². The van der Waals surface area contributed by atoms with Gasteiger partial charge in [0, 0.05) is 12.8 Å². The molecule has 0 aromatic carbocycles. The second kappa shape index (κ2) is 56.6. The summed E-state index contributed by atoms with van der Waals surface area (Å²) in [5.74, 6) is -0.850. The number of carbonyl (C=O) groups excluding carboxylic acids is 2. The van der Waals surface area contributed by atoms with Gasteiger partial charge in [0.1, 0.15) is 19.8 Å². The number of hydrogen-bond acceptors (Lipinski definition) is 8. The second-order valence-electron chi connectivity index (χ2n) is 21.7. The van der Waals surface area contributed by atoms with Crippen molar-refractivity contribution in [2.24, 2.45) is 0 Å².